The van der Waals surface area contributed by atoms with E-state index >= 15 is 0 Å². The van der Waals surface area contributed by atoms with Crippen LogP contribution < -0.4 is 0 Å². The van der Waals surface area contributed by atoms with Gasteiger partial charge in [-0.05, 0) is 6.07 Å². The molecule has 0 spiro atoms. The van der Waals surface area contributed by atoms with Gasteiger partial charge < -0.3 is 9.52 Å². The fourth-order valence-corrected chi connectivity index (χ4v) is 1.14. The average molecular weight is 241 g/mol. The molecule has 88 valence electrons. The monoisotopic (exact) mass is 241 g/mol. The molecule has 2 heterocycles. The first kappa shape index (κ1) is 11.1. The van der Waals surface area contributed by atoms with Gasteiger partial charge in [-0.2, -0.15) is 0 Å². The highest BCUT2D eigenvalue weighted by atomic mass is 19.3. The third kappa shape index (κ3) is 2.10. The Hall–Kier alpha value is -2.38. The summed E-state index contributed by atoms with van der Waals surface area (Å²) in [5.74, 6) is -2.92. The second-order valence-electron chi connectivity index (χ2n) is 2.91. The number of carbonyl (C=O) groups is 1. The maximum absolute atomic E-state index is 12.5. The fraction of sp³-hybridized carbons (Fsp3) is 0.111. The summed E-state index contributed by atoms with van der Waals surface area (Å²) >= 11 is 0. The van der Waals surface area contributed by atoms with Gasteiger partial charge in [0, 0.05) is 12.4 Å². The minimum atomic E-state index is -3.04. The zero-order chi connectivity index (χ0) is 12.4. The van der Waals surface area contributed by atoms with E-state index in [-0.39, 0.29) is 11.7 Å². The Morgan fingerprint density at radius 2 is 2.00 bits per heavy atom. The zero-order valence-corrected chi connectivity index (χ0v) is 8.17. The number of nitrogens with zero attached hydrogens (tertiary/aromatic N) is 3. The summed E-state index contributed by atoms with van der Waals surface area (Å²) in [7, 11) is 0. The first-order valence-electron chi connectivity index (χ1n) is 4.39. The molecule has 0 aliphatic rings. The van der Waals surface area contributed by atoms with Crippen molar-refractivity contribution in [1.82, 2.24) is 15.0 Å². The molecule has 2 rings (SSSR count). The molecular formula is C9H5F2N3O3. The van der Waals surface area contributed by atoms with Gasteiger partial charge in [-0.15, -0.1) is 0 Å². The first-order valence-corrected chi connectivity index (χ1v) is 4.39. The zero-order valence-electron chi connectivity index (χ0n) is 8.17. The van der Waals surface area contributed by atoms with Crippen LogP contribution in [-0.2, 0) is 0 Å². The van der Waals surface area contributed by atoms with Crippen molar-refractivity contribution < 1.29 is 23.1 Å². The Kier molecular flexibility index (Phi) is 2.77. The molecule has 0 atom stereocenters. The quantitative estimate of drug-likeness (QED) is 0.880. The van der Waals surface area contributed by atoms with Crippen LogP contribution in [0, 0.1) is 0 Å². The van der Waals surface area contributed by atoms with Gasteiger partial charge in [0.05, 0.1) is 0 Å². The summed E-state index contributed by atoms with van der Waals surface area (Å²) in [6, 6.07) is 1.51. The maximum atomic E-state index is 12.5. The lowest BCUT2D eigenvalue weighted by molar-refractivity contribution is 0.0646. The van der Waals surface area contributed by atoms with Gasteiger partial charge in [0.1, 0.15) is 0 Å². The molecule has 0 aliphatic carbocycles. The number of aromatic carboxylic acids is 1. The lowest BCUT2D eigenvalue weighted by atomic mass is 10.3. The molecule has 0 saturated heterocycles. The van der Waals surface area contributed by atoms with E-state index in [4.69, 9.17) is 9.52 Å². The first-order chi connectivity index (χ1) is 8.09. The molecule has 0 fully saturated rings. The van der Waals surface area contributed by atoms with Crippen molar-refractivity contribution in [2.45, 2.75) is 6.43 Å². The van der Waals surface area contributed by atoms with E-state index in [2.05, 4.69) is 15.0 Å². The predicted octanol–water partition coefficient (Wildman–Crippen LogP) is 1.77. The largest absolute Gasteiger partial charge is 0.475 e. The van der Waals surface area contributed by atoms with E-state index < -0.39 is 23.8 Å². The van der Waals surface area contributed by atoms with Crippen LogP contribution in [0.25, 0.3) is 11.7 Å². The number of carboxylic acids is 1. The molecule has 1 N–H and O–H groups in total. The maximum Gasteiger partial charge on any atom is 0.374 e. The molecule has 0 bridgehead atoms. The second kappa shape index (κ2) is 4.24. The van der Waals surface area contributed by atoms with Crippen LogP contribution >= 0.6 is 0 Å². The van der Waals surface area contributed by atoms with Crippen molar-refractivity contribution in [2.24, 2.45) is 0 Å². The third-order valence-corrected chi connectivity index (χ3v) is 1.81. The summed E-state index contributed by atoms with van der Waals surface area (Å²) in [5, 5.41) is 8.67. The fourth-order valence-electron chi connectivity index (χ4n) is 1.14. The van der Waals surface area contributed by atoms with E-state index in [0.717, 1.165) is 0 Å². The standard InChI is InChI=1S/C9H5F2N3O3/c10-6(11)4-5(9(15)16)17-8(14-4)7-12-2-1-3-13-7/h1-3,6H,(H,15,16). The van der Waals surface area contributed by atoms with Crippen molar-refractivity contribution >= 4 is 5.97 Å². The Labute approximate surface area is 93.0 Å². The minimum Gasteiger partial charge on any atom is -0.475 e. The molecular weight excluding hydrogens is 236 g/mol. The smallest absolute Gasteiger partial charge is 0.374 e. The number of hydrogen-bond donors (Lipinski definition) is 1. The molecule has 0 unspecified atom stereocenters. The highest BCUT2D eigenvalue weighted by Crippen LogP contribution is 2.26. The lowest BCUT2D eigenvalue weighted by Gasteiger charge is -1.91. The van der Waals surface area contributed by atoms with Gasteiger partial charge in [-0.3, -0.25) is 0 Å². The summed E-state index contributed by atoms with van der Waals surface area (Å²) in [6.07, 6.45) is -0.327. The van der Waals surface area contributed by atoms with Gasteiger partial charge in [0.25, 0.3) is 12.3 Å². The Morgan fingerprint density at radius 3 is 2.47 bits per heavy atom. The van der Waals surface area contributed by atoms with Crippen LogP contribution in [0.2, 0.25) is 0 Å². The van der Waals surface area contributed by atoms with Crippen molar-refractivity contribution in [3.63, 3.8) is 0 Å². The van der Waals surface area contributed by atoms with E-state index in [9.17, 15) is 13.6 Å². The molecule has 6 nitrogen and oxygen atoms in total. The SMILES string of the molecule is O=C(O)c1oc(-c2ncccn2)nc1C(F)F. The van der Waals surface area contributed by atoms with Gasteiger partial charge in [-0.1, -0.05) is 0 Å². The highest BCUT2D eigenvalue weighted by molar-refractivity contribution is 5.86. The van der Waals surface area contributed by atoms with Crippen LogP contribution in [0.3, 0.4) is 0 Å². The summed E-state index contributed by atoms with van der Waals surface area (Å²) in [5.41, 5.74) is -0.931. The third-order valence-electron chi connectivity index (χ3n) is 1.81. The second-order valence-corrected chi connectivity index (χ2v) is 2.91. The molecule has 17 heavy (non-hydrogen) atoms. The van der Waals surface area contributed by atoms with E-state index in [0.29, 0.717) is 0 Å². The number of oxazole rings is 1. The summed E-state index contributed by atoms with van der Waals surface area (Å²) < 4.78 is 29.7. The van der Waals surface area contributed by atoms with Crippen LogP contribution in [0.1, 0.15) is 22.7 Å². The van der Waals surface area contributed by atoms with Crippen molar-refractivity contribution in [2.75, 3.05) is 0 Å². The Balaban J connectivity index is 2.51. The van der Waals surface area contributed by atoms with Crippen molar-refractivity contribution in [3.05, 3.63) is 29.9 Å². The summed E-state index contributed by atoms with van der Waals surface area (Å²) in [6.45, 7) is 0. The van der Waals surface area contributed by atoms with Crippen LogP contribution in [0.15, 0.2) is 22.9 Å². The van der Waals surface area contributed by atoms with Gasteiger partial charge >= 0.3 is 5.97 Å². The molecule has 8 heteroatoms. The number of rotatable bonds is 3. The van der Waals surface area contributed by atoms with Crippen molar-refractivity contribution in [1.29, 1.82) is 0 Å². The highest BCUT2D eigenvalue weighted by Gasteiger charge is 2.27. The minimum absolute atomic E-state index is 0.0538. The molecule has 0 amide bonds. The molecule has 2 aromatic heterocycles. The number of aromatic nitrogens is 3. The normalized spacial score (nSPS) is 10.8. The lowest BCUT2D eigenvalue weighted by Crippen LogP contribution is -1.99. The van der Waals surface area contributed by atoms with E-state index in [1.807, 2.05) is 0 Å². The molecule has 0 saturated carbocycles. The average Bonchev–Trinajstić information content (AvgIpc) is 2.75. The van der Waals surface area contributed by atoms with E-state index in [1.54, 1.807) is 0 Å². The van der Waals surface area contributed by atoms with Gasteiger partial charge in [0.2, 0.25) is 11.6 Å². The summed E-state index contributed by atoms with van der Waals surface area (Å²) in [4.78, 5) is 21.5. The Bertz CT molecular complexity index is 542. The predicted molar refractivity (Wildman–Crippen MR) is 49.4 cm³/mol. The van der Waals surface area contributed by atoms with E-state index in [1.165, 1.54) is 18.5 Å². The molecule has 0 aromatic carbocycles. The number of halogens is 2. The molecule has 2 aromatic rings. The van der Waals surface area contributed by atoms with Gasteiger partial charge in [-0.25, -0.2) is 28.5 Å². The number of carboxylic acid groups (broad SMARTS) is 1. The molecule has 0 radical (unpaired) electrons. The van der Waals surface area contributed by atoms with Crippen molar-refractivity contribution in [3.8, 4) is 11.7 Å². The number of alkyl halides is 2. The van der Waals surface area contributed by atoms with Crippen LogP contribution in [0.4, 0.5) is 8.78 Å². The Morgan fingerprint density at radius 1 is 1.35 bits per heavy atom. The molecule has 0 aliphatic heterocycles. The van der Waals surface area contributed by atoms with Crippen LogP contribution in [-0.4, -0.2) is 26.0 Å². The van der Waals surface area contributed by atoms with Gasteiger partial charge in [0.15, 0.2) is 5.69 Å². The van der Waals surface area contributed by atoms with Crippen LogP contribution in [0.5, 0.6) is 0 Å². The topological polar surface area (TPSA) is 89.1 Å². The number of hydrogen-bond acceptors (Lipinski definition) is 5.